The van der Waals surface area contributed by atoms with Crippen molar-refractivity contribution in [3.8, 4) is 11.8 Å². The van der Waals surface area contributed by atoms with E-state index in [1.165, 1.54) is 11.3 Å². The molecule has 2 aromatic heterocycles. The first-order valence-corrected chi connectivity index (χ1v) is 12.6. The topological polar surface area (TPSA) is 100 Å². The Labute approximate surface area is 209 Å². The molecule has 35 heavy (non-hydrogen) atoms. The highest BCUT2D eigenvalue weighted by atomic mass is 32.1. The molecule has 1 aromatic carbocycles. The summed E-state index contributed by atoms with van der Waals surface area (Å²) in [6.45, 7) is 6.05. The number of fused-ring (bicyclic) bond motifs is 1. The van der Waals surface area contributed by atoms with E-state index in [0.29, 0.717) is 56.1 Å². The number of nitrogens with one attached hydrogen (secondary N) is 1. The Morgan fingerprint density at radius 1 is 1.29 bits per heavy atom. The molecule has 182 valence electrons. The summed E-state index contributed by atoms with van der Waals surface area (Å²) in [7, 11) is 0. The normalized spacial score (nSPS) is 12.7. The zero-order chi connectivity index (χ0) is 24.8. The second-order valence-electron chi connectivity index (χ2n) is 8.39. The summed E-state index contributed by atoms with van der Waals surface area (Å²) in [5.41, 5.74) is 2.45. The number of hydrogen-bond acceptors (Lipinski definition) is 6. The summed E-state index contributed by atoms with van der Waals surface area (Å²) in [4.78, 5) is 32.5. The molecule has 0 spiro atoms. The standard InChI is InChI=1S/C26H29N5O3S/c1-3-34-22-7-5-4-6-19(22)8-9-24(32)29-26-21(16-27)20-10-13-31(17-23(20)35-26)25(33)11-14-30-15-12-28-18(30)2/h4-7,12,15H,3,8-11,13-14,17H2,1-2H3,(H,29,32). The molecule has 0 aliphatic carbocycles. The van der Waals surface area contributed by atoms with Gasteiger partial charge < -0.3 is 19.5 Å². The minimum absolute atomic E-state index is 0.0780. The van der Waals surface area contributed by atoms with Crippen molar-refractivity contribution >= 4 is 28.2 Å². The third-order valence-electron chi connectivity index (χ3n) is 6.16. The summed E-state index contributed by atoms with van der Waals surface area (Å²) in [5.74, 6) is 1.61. The van der Waals surface area contributed by atoms with Gasteiger partial charge >= 0.3 is 0 Å². The molecule has 3 heterocycles. The van der Waals surface area contributed by atoms with Crippen molar-refractivity contribution in [2.24, 2.45) is 0 Å². The number of carbonyl (C=O) groups is 2. The zero-order valence-corrected chi connectivity index (χ0v) is 20.9. The maximum atomic E-state index is 12.8. The molecule has 0 saturated carbocycles. The molecule has 0 atom stereocenters. The van der Waals surface area contributed by atoms with Crippen molar-refractivity contribution in [2.75, 3.05) is 18.5 Å². The summed E-state index contributed by atoms with van der Waals surface area (Å²) in [6, 6.07) is 9.97. The van der Waals surface area contributed by atoms with E-state index in [9.17, 15) is 14.9 Å². The number of aryl methyl sites for hydroxylation is 3. The van der Waals surface area contributed by atoms with Gasteiger partial charge in [0.2, 0.25) is 11.8 Å². The van der Waals surface area contributed by atoms with Crippen LogP contribution in [0.4, 0.5) is 5.00 Å². The predicted molar refractivity (Wildman–Crippen MR) is 134 cm³/mol. The SMILES string of the molecule is CCOc1ccccc1CCC(=O)Nc1sc2c(c1C#N)CCN(C(=O)CCn1ccnc1C)C2. The largest absolute Gasteiger partial charge is 0.494 e. The third kappa shape index (κ3) is 5.72. The number of para-hydroxylation sites is 1. The van der Waals surface area contributed by atoms with Gasteiger partial charge in [-0.05, 0) is 43.9 Å². The minimum Gasteiger partial charge on any atom is -0.494 e. The molecule has 2 amide bonds. The van der Waals surface area contributed by atoms with E-state index >= 15 is 0 Å². The van der Waals surface area contributed by atoms with Crippen molar-refractivity contribution < 1.29 is 14.3 Å². The summed E-state index contributed by atoms with van der Waals surface area (Å²) in [6.07, 6.45) is 5.46. The van der Waals surface area contributed by atoms with E-state index < -0.39 is 0 Å². The molecule has 0 radical (unpaired) electrons. The molecule has 0 fully saturated rings. The van der Waals surface area contributed by atoms with Gasteiger partial charge in [0.05, 0.1) is 18.7 Å². The number of aromatic nitrogens is 2. The van der Waals surface area contributed by atoms with Gasteiger partial charge in [-0.3, -0.25) is 9.59 Å². The van der Waals surface area contributed by atoms with Crippen molar-refractivity contribution in [3.63, 3.8) is 0 Å². The van der Waals surface area contributed by atoms with Crippen molar-refractivity contribution in [1.29, 1.82) is 5.26 Å². The number of imidazole rings is 1. The van der Waals surface area contributed by atoms with Crippen molar-refractivity contribution in [2.45, 2.75) is 52.6 Å². The van der Waals surface area contributed by atoms with E-state index in [1.54, 1.807) is 6.20 Å². The van der Waals surface area contributed by atoms with Crippen LogP contribution in [0.3, 0.4) is 0 Å². The molecule has 1 N–H and O–H groups in total. The fourth-order valence-corrected chi connectivity index (χ4v) is 5.51. The minimum atomic E-state index is -0.143. The monoisotopic (exact) mass is 491 g/mol. The van der Waals surface area contributed by atoms with Crippen LogP contribution in [0.1, 0.15) is 47.2 Å². The highest BCUT2D eigenvalue weighted by Gasteiger charge is 2.27. The lowest BCUT2D eigenvalue weighted by molar-refractivity contribution is -0.132. The Kier molecular flexibility index (Phi) is 7.83. The molecule has 3 aromatic rings. The van der Waals surface area contributed by atoms with Crippen LogP contribution in [-0.4, -0.2) is 39.4 Å². The number of nitriles is 1. The second kappa shape index (κ2) is 11.2. The van der Waals surface area contributed by atoms with Crippen LogP contribution in [0.25, 0.3) is 0 Å². The smallest absolute Gasteiger partial charge is 0.225 e. The van der Waals surface area contributed by atoms with E-state index in [-0.39, 0.29) is 18.2 Å². The molecule has 0 unspecified atom stereocenters. The van der Waals surface area contributed by atoms with Gasteiger partial charge in [-0.2, -0.15) is 5.26 Å². The van der Waals surface area contributed by atoms with Crippen LogP contribution in [-0.2, 0) is 35.5 Å². The van der Waals surface area contributed by atoms with Crippen molar-refractivity contribution in [3.05, 3.63) is 64.1 Å². The third-order valence-corrected chi connectivity index (χ3v) is 7.29. The first kappa shape index (κ1) is 24.5. The maximum Gasteiger partial charge on any atom is 0.225 e. The molecule has 8 nitrogen and oxygen atoms in total. The first-order chi connectivity index (χ1) is 17.0. The molecular weight excluding hydrogens is 462 g/mol. The van der Waals surface area contributed by atoms with Crippen LogP contribution in [0.5, 0.6) is 5.75 Å². The number of amides is 2. The summed E-state index contributed by atoms with van der Waals surface area (Å²) >= 11 is 1.40. The van der Waals surface area contributed by atoms with E-state index in [4.69, 9.17) is 4.74 Å². The molecular formula is C26H29N5O3S. The Morgan fingerprint density at radius 2 is 2.11 bits per heavy atom. The number of hydrogen-bond donors (Lipinski definition) is 1. The average molecular weight is 492 g/mol. The van der Waals surface area contributed by atoms with E-state index in [2.05, 4.69) is 16.4 Å². The Bertz CT molecular complexity index is 1260. The van der Waals surface area contributed by atoms with Gasteiger partial charge in [0.1, 0.15) is 22.6 Å². The van der Waals surface area contributed by atoms with Crippen LogP contribution >= 0.6 is 11.3 Å². The van der Waals surface area contributed by atoms with Gasteiger partial charge in [0.15, 0.2) is 0 Å². The first-order valence-electron chi connectivity index (χ1n) is 11.8. The fraction of sp³-hybridized carbons (Fsp3) is 0.385. The Morgan fingerprint density at radius 3 is 2.86 bits per heavy atom. The molecule has 0 bridgehead atoms. The highest BCUT2D eigenvalue weighted by Crippen LogP contribution is 2.37. The second-order valence-corrected chi connectivity index (χ2v) is 9.50. The predicted octanol–water partition coefficient (Wildman–Crippen LogP) is 4.07. The Hall–Kier alpha value is -3.64. The lowest BCUT2D eigenvalue weighted by Crippen LogP contribution is -2.35. The number of carbonyl (C=O) groups excluding carboxylic acids is 2. The van der Waals surface area contributed by atoms with E-state index in [1.807, 2.05) is 53.8 Å². The van der Waals surface area contributed by atoms with Crippen LogP contribution < -0.4 is 10.1 Å². The maximum absolute atomic E-state index is 12.8. The van der Waals surface area contributed by atoms with E-state index in [0.717, 1.165) is 27.6 Å². The zero-order valence-electron chi connectivity index (χ0n) is 20.0. The molecule has 9 heteroatoms. The molecule has 1 aliphatic rings. The lowest BCUT2D eigenvalue weighted by atomic mass is 10.0. The Balaban J connectivity index is 1.37. The number of nitrogens with zero attached hydrogens (tertiary/aromatic N) is 4. The van der Waals surface area contributed by atoms with Gasteiger partial charge in [0.25, 0.3) is 0 Å². The number of benzene rings is 1. The average Bonchev–Trinajstić information content (AvgIpc) is 3.43. The number of thiophene rings is 1. The number of rotatable bonds is 9. The quantitative estimate of drug-likeness (QED) is 0.486. The summed E-state index contributed by atoms with van der Waals surface area (Å²) in [5, 5.41) is 13.3. The van der Waals surface area contributed by atoms with Crippen molar-refractivity contribution in [1.82, 2.24) is 14.5 Å². The summed E-state index contributed by atoms with van der Waals surface area (Å²) < 4.78 is 7.61. The molecule has 4 rings (SSSR count). The molecule has 0 saturated heterocycles. The van der Waals surface area contributed by atoms with Gasteiger partial charge in [-0.15, -0.1) is 11.3 Å². The lowest BCUT2D eigenvalue weighted by Gasteiger charge is -2.27. The van der Waals surface area contributed by atoms with Gasteiger partial charge in [-0.1, -0.05) is 18.2 Å². The van der Waals surface area contributed by atoms with Crippen LogP contribution in [0.2, 0.25) is 0 Å². The van der Waals surface area contributed by atoms with Gasteiger partial charge in [0, 0.05) is 43.2 Å². The highest BCUT2D eigenvalue weighted by molar-refractivity contribution is 7.16. The molecule has 1 aliphatic heterocycles. The van der Waals surface area contributed by atoms with Crippen LogP contribution in [0, 0.1) is 18.3 Å². The number of ether oxygens (including phenoxy) is 1. The fourth-order valence-electron chi connectivity index (χ4n) is 4.28. The van der Waals surface area contributed by atoms with Crippen LogP contribution in [0.15, 0.2) is 36.7 Å². The number of anilines is 1. The van der Waals surface area contributed by atoms with Gasteiger partial charge in [-0.25, -0.2) is 4.98 Å².